The summed E-state index contributed by atoms with van der Waals surface area (Å²) in [5.74, 6) is -0.123. The average Bonchev–Trinajstić information content (AvgIpc) is 3.62. The van der Waals surface area contributed by atoms with Gasteiger partial charge in [0, 0.05) is 94.8 Å². The molecule has 0 saturated heterocycles. The van der Waals surface area contributed by atoms with Crippen molar-refractivity contribution in [1.82, 2.24) is 24.9 Å². The molecule has 11 rings (SSSR count). The fourth-order valence-electron chi connectivity index (χ4n) is 8.52. The molecule has 1 aliphatic rings. The van der Waals surface area contributed by atoms with Crippen molar-refractivity contribution in [2.45, 2.75) is 5.92 Å². The van der Waals surface area contributed by atoms with E-state index in [-0.39, 0.29) is 5.92 Å². The number of rotatable bonds is 5. The van der Waals surface area contributed by atoms with Gasteiger partial charge in [0.05, 0.1) is 0 Å². The van der Waals surface area contributed by atoms with Gasteiger partial charge in [0.25, 0.3) is 0 Å². The zero-order chi connectivity index (χ0) is 36.3. The number of pyridine rings is 5. The third kappa shape index (κ3) is 5.28. The Morgan fingerprint density at radius 1 is 0.273 bits per heavy atom. The highest BCUT2D eigenvalue weighted by Crippen LogP contribution is 2.59. The number of hydrogen-bond acceptors (Lipinski definition) is 5. The summed E-state index contributed by atoms with van der Waals surface area (Å²) in [5, 5.41) is 11.3. The SMILES string of the molecule is c1cc2cc(C3=C(c4ccc5cnccc5c4)C(c4ccc5cnccc5c4)C(c4ccc5cnccc5c4)=C3c3ccc4cnccc4c3)ccc2cn1. The Bertz CT molecular complexity index is 3060. The van der Waals surface area contributed by atoms with Crippen molar-refractivity contribution in [2.24, 2.45) is 0 Å². The van der Waals surface area contributed by atoms with Crippen LogP contribution in [0.1, 0.15) is 33.7 Å². The molecule has 0 amide bonds. The molecule has 1 aliphatic carbocycles. The molecule has 0 fully saturated rings. The van der Waals surface area contributed by atoms with Crippen molar-refractivity contribution < 1.29 is 0 Å². The molecule has 256 valence electrons. The van der Waals surface area contributed by atoms with Crippen LogP contribution in [-0.4, -0.2) is 24.9 Å². The van der Waals surface area contributed by atoms with Crippen molar-refractivity contribution in [2.75, 3.05) is 0 Å². The van der Waals surface area contributed by atoms with Crippen LogP contribution in [0.3, 0.4) is 0 Å². The predicted octanol–water partition coefficient (Wildman–Crippen LogP) is 11.7. The molecule has 0 saturated carbocycles. The summed E-state index contributed by atoms with van der Waals surface area (Å²) < 4.78 is 0. The first kappa shape index (κ1) is 31.2. The molecule has 10 aromatic rings. The summed E-state index contributed by atoms with van der Waals surface area (Å²) in [5.41, 5.74) is 10.8. The van der Waals surface area contributed by atoms with Crippen LogP contribution in [0, 0.1) is 0 Å². The number of aromatic nitrogens is 5. The van der Waals surface area contributed by atoms with Crippen LogP contribution in [0.2, 0.25) is 0 Å². The molecule has 0 N–H and O–H groups in total. The molecular formula is C50H31N5. The predicted molar refractivity (Wildman–Crippen MR) is 225 cm³/mol. The second-order valence-corrected chi connectivity index (χ2v) is 14.2. The van der Waals surface area contributed by atoms with E-state index in [0.29, 0.717) is 0 Å². The van der Waals surface area contributed by atoms with Crippen LogP contribution in [0.15, 0.2) is 183 Å². The van der Waals surface area contributed by atoms with Gasteiger partial charge in [-0.3, -0.25) is 24.9 Å². The lowest BCUT2D eigenvalue weighted by molar-refractivity contribution is 1.15. The number of nitrogens with zero attached hydrogens (tertiary/aromatic N) is 5. The topological polar surface area (TPSA) is 64.5 Å². The van der Waals surface area contributed by atoms with E-state index >= 15 is 0 Å². The van der Waals surface area contributed by atoms with Gasteiger partial charge < -0.3 is 0 Å². The van der Waals surface area contributed by atoms with E-state index in [1.54, 1.807) is 0 Å². The van der Waals surface area contributed by atoms with Crippen molar-refractivity contribution in [3.8, 4) is 0 Å². The van der Waals surface area contributed by atoms with Crippen molar-refractivity contribution in [3.63, 3.8) is 0 Å². The third-order valence-corrected chi connectivity index (χ3v) is 11.1. The molecule has 0 radical (unpaired) electrons. The van der Waals surface area contributed by atoms with E-state index in [0.717, 1.165) is 65.0 Å². The monoisotopic (exact) mass is 701 g/mol. The largest absolute Gasteiger partial charge is 0.264 e. The van der Waals surface area contributed by atoms with Crippen LogP contribution < -0.4 is 0 Å². The summed E-state index contributed by atoms with van der Waals surface area (Å²) in [4.78, 5) is 22.2. The number of hydrogen-bond donors (Lipinski definition) is 0. The Hall–Kier alpha value is -7.37. The molecule has 5 nitrogen and oxygen atoms in total. The Kier molecular flexibility index (Phi) is 7.17. The summed E-state index contributed by atoms with van der Waals surface area (Å²) in [7, 11) is 0. The second-order valence-electron chi connectivity index (χ2n) is 14.2. The zero-order valence-electron chi connectivity index (χ0n) is 29.6. The molecule has 55 heavy (non-hydrogen) atoms. The lowest BCUT2D eigenvalue weighted by Gasteiger charge is -2.23. The molecule has 0 unspecified atom stereocenters. The lowest BCUT2D eigenvalue weighted by atomic mass is 9.80. The van der Waals surface area contributed by atoms with Gasteiger partial charge in [0.1, 0.15) is 0 Å². The summed E-state index contributed by atoms with van der Waals surface area (Å²) >= 11 is 0. The molecule has 0 bridgehead atoms. The fraction of sp³-hybridized carbons (Fsp3) is 0.0200. The second kappa shape index (κ2) is 12.6. The van der Waals surface area contributed by atoms with Crippen LogP contribution >= 0.6 is 0 Å². The van der Waals surface area contributed by atoms with Crippen molar-refractivity contribution >= 4 is 76.2 Å². The first-order chi connectivity index (χ1) is 27.2. The Morgan fingerprint density at radius 2 is 0.582 bits per heavy atom. The molecule has 5 aromatic carbocycles. The smallest absolute Gasteiger partial charge is 0.0364 e. The summed E-state index contributed by atoms with van der Waals surface area (Å²) in [6, 6.07) is 44.7. The highest BCUT2D eigenvalue weighted by atomic mass is 14.6. The maximum Gasteiger partial charge on any atom is 0.0364 e. The molecule has 0 spiro atoms. The maximum atomic E-state index is 4.44. The van der Waals surface area contributed by atoms with Gasteiger partial charge in [-0.1, -0.05) is 66.7 Å². The van der Waals surface area contributed by atoms with E-state index in [4.69, 9.17) is 0 Å². The zero-order valence-corrected chi connectivity index (χ0v) is 29.6. The van der Waals surface area contributed by atoms with Gasteiger partial charge in [0.2, 0.25) is 0 Å². The van der Waals surface area contributed by atoms with Crippen LogP contribution in [0.4, 0.5) is 0 Å². The fourth-order valence-corrected chi connectivity index (χ4v) is 8.52. The van der Waals surface area contributed by atoms with Crippen LogP contribution in [0.5, 0.6) is 0 Å². The number of fused-ring (bicyclic) bond motifs is 5. The summed E-state index contributed by atoms with van der Waals surface area (Å²) in [6.45, 7) is 0. The average molecular weight is 702 g/mol. The highest BCUT2D eigenvalue weighted by Gasteiger charge is 2.38. The van der Waals surface area contributed by atoms with Gasteiger partial charge in [-0.25, -0.2) is 0 Å². The van der Waals surface area contributed by atoms with Crippen LogP contribution in [0.25, 0.3) is 76.2 Å². The molecule has 5 heterocycles. The molecule has 0 aliphatic heterocycles. The van der Waals surface area contributed by atoms with Gasteiger partial charge in [-0.15, -0.1) is 0 Å². The Morgan fingerprint density at radius 3 is 0.964 bits per heavy atom. The van der Waals surface area contributed by atoms with Gasteiger partial charge in [0.15, 0.2) is 0 Å². The van der Waals surface area contributed by atoms with E-state index in [2.05, 4.69) is 146 Å². The normalized spacial score (nSPS) is 13.6. The van der Waals surface area contributed by atoms with Crippen molar-refractivity contribution in [3.05, 3.63) is 211 Å². The van der Waals surface area contributed by atoms with E-state index < -0.39 is 0 Å². The van der Waals surface area contributed by atoms with Crippen LogP contribution in [-0.2, 0) is 0 Å². The Balaban J connectivity index is 1.31. The first-order valence-electron chi connectivity index (χ1n) is 18.4. The summed E-state index contributed by atoms with van der Waals surface area (Å²) in [6.07, 6.45) is 19.1. The van der Waals surface area contributed by atoms with E-state index in [9.17, 15) is 0 Å². The minimum absolute atomic E-state index is 0.123. The van der Waals surface area contributed by atoms with Gasteiger partial charge >= 0.3 is 0 Å². The molecule has 0 atom stereocenters. The molecular weight excluding hydrogens is 671 g/mol. The standard InChI is InChI=1S/C50H31N5/c1-6-41-26-51-16-11-31(41)21-36(1)46-47(37-2-7-42-27-52-17-12-32(42)22-37)49(39-4-9-44-29-54-19-14-34(44)24-39)50(40-5-10-45-30-55-20-15-35(45)25-40)48(46)38-3-8-43-28-53-18-13-33(43)23-38/h1-30,46H. The quantitative estimate of drug-likeness (QED) is 0.179. The first-order valence-corrected chi connectivity index (χ1v) is 18.4. The minimum atomic E-state index is -0.123. The third-order valence-electron chi connectivity index (χ3n) is 11.1. The van der Waals surface area contributed by atoms with Crippen molar-refractivity contribution in [1.29, 1.82) is 0 Å². The number of benzene rings is 5. The highest BCUT2D eigenvalue weighted by molar-refractivity contribution is 6.31. The minimum Gasteiger partial charge on any atom is -0.264 e. The molecule has 5 heteroatoms. The Labute approximate surface area is 317 Å². The maximum absolute atomic E-state index is 4.44. The van der Waals surface area contributed by atoms with E-state index in [1.807, 2.05) is 62.0 Å². The molecule has 5 aromatic heterocycles. The van der Waals surface area contributed by atoms with Gasteiger partial charge in [-0.2, -0.15) is 0 Å². The number of allylic oxidation sites excluding steroid dienone is 4. The lowest BCUT2D eigenvalue weighted by Crippen LogP contribution is -2.04. The van der Waals surface area contributed by atoms with Gasteiger partial charge in [-0.05, 0) is 132 Å². The van der Waals surface area contributed by atoms with E-state index in [1.165, 1.54) is 39.0 Å².